The van der Waals surface area contributed by atoms with E-state index in [4.69, 9.17) is 0 Å². The predicted molar refractivity (Wildman–Crippen MR) is 102 cm³/mol. The quantitative estimate of drug-likeness (QED) is 0.836. The van der Waals surface area contributed by atoms with Crippen molar-refractivity contribution >= 4 is 17.8 Å². The molecule has 0 radical (unpaired) electrons. The predicted octanol–water partition coefficient (Wildman–Crippen LogP) is 0.950. The molecule has 3 fully saturated rings. The van der Waals surface area contributed by atoms with Crippen molar-refractivity contribution in [2.75, 3.05) is 40.3 Å². The zero-order valence-corrected chi connectivity index (χ0v) is 16.1. The number of benzene rings is 1. The number of rotatable bonds is 5. The number of urea groups is 1. The molecule has 3 aliphatic rings. The zero-order valence-electron chi connectivity index (χ0n) is 16.1. The van der Waals surface area contributed by atoms with E-state index in [9.17, 15) is 14.4 Å². The Hall–Kier alpha value is -2.57. The van der Waals surface area contributed by atoms with E-state index in [2.05, 4.69) is 5.32 Å². The van der Waals surface area contributed by atoms with Gasteiger partial charge in [-0.05, 0) is 24.8 Å². The summed E-state index contributed by atoms with van der Waals surface area (Å²) in [6, 6.07) is 9.81. The second-order valence-electron chi connectivity index (χ2n) is 7.55. The molecular weight excluding hydrogens is 344 g/mol. The van der Waals surface area contributed by atoms with Crippen LogP contribution in [0.1, 0.15) is 18.4 Å². The third-order valence-electron chi connectivity index (χ3n) is 5.42. The van der Waals surface area contributed by atoms with Gasteiger partial charge in [0.2, 0.25) is 11.8 Å². The van der Waals surface area contributed by atoms with E-state index in [1.165, 1.54) is 10.5 Å². The van der Waals surface area contributed by atoms with Crippen molar-refractivity contribution in [2.45, 2.75) is 25.3 Å². The van der Waals surface area contributed by atoms with Gasteiger partial charge in [0.1, 0.15) is 6.54 Å². The van der Waals surface area contributed by atoms with Gasteiger partial charge >= 0.3 is 6.03 Å². The minimum atomic E-state index is -0.210. The van der Waals surface area contributed by atoms with Gasteiger partial charge in [0.25, 0.3) is 0 Å². The van der Waals surface area contributed by atoms with E-state index in [0.717, 1.165) is 19.3 Å². The van der Waals surface area contributed by atoms with Gasteiger partial charge in [-0.2, -0.15) is 0 Å². The van der Waals surface area contributed by atoms with Gasteiger partial charge < -0.3 is 20.0 Å². The van der Waals surface area contributed by atoms with E-state index in [1.807, 2.05) is 30.3 Å². The van der Waals surface area contributed by atoms with E-state index < -0.39 is 0 Å². The van der Waals surface area contributed by atoms with E-state index in [-0.39, 0.29) is 36.3 Å². The van der Waals surface area contributed by atoms with E-state index in [0.29, 0.717) is 19.6 Å². The van der Waals surface area contributed by atoms with Gasteiger partial charge in [-0.1, -0.05) is 30.3 Å². The molecular formula is C20H28N4O3. The SMILES string of the molecule is CN(C)C(=O)CN1C(=O)[C@@H]2CC[C@H]1CN(C(=O)NCCc1ccccc1)C2. The van der Waals surface area contributed by atoms with E-state index >= 15 is 0 Å². The zero-order chi connectivity index (χ0) is 19.4. The summed E-state index contributed by atoms with van der Waals surface area (Å²) >= 11 is 0. The molecule has 7 nitrogen and oxygen atoms in total. The van der Waals surface area contributed by atoms with Crippen LogP contribution in [0.25, 0.3) is 0 Å². The maximum atomic E-state index is 12.7. The second-order valence-corrected chi connectivity index (χ2v) is 7.55. The molecule has 146 valence electrons. The average molecular weight is 372 g/mol. The van der Waals surface area contributed by atoms with Crippen LogP contribution >= 0.6 is 0 Å². The highest BCUT2D eigenvalue weighted by Crippen LogP contribution is 2.29. The van der Waals surface area contributed by atoms with Crippen molar-refractivity contribution in [2.24, 2.45) is 5.92 Å². The highest BCUT2D eigenvalue weighted by molar-refractivity contribution is 5.87. The van der Waals surface area contributed by atoms with Crippen LogP contribution in [0.4, 0.5) is 4.79 Å². The number of hydrogen-bond acceptors (Lipinski definition) is 3. The molecule has 7 heteroatoms. The summed E-state index contributed by atoms with van der Waals surface area (Å²) in [5.41, 5.74) is 1.18. The lowest BCUT2D eigenvalue weighted by Crippen LogP contribution is -2.52. The topological polar surface area (TPSA) is 73.0 Å². The van der Waals surface area contributed by atoms with Crippen LogP contribution in [0.3, 0.4) is 0 Å². The Labute approximate surface area is 160 Å². The van der Waals surface area contributed by atoms with Crippen molar-refractivity contribution in [3.63, 3.8) is 0 Å². The third kappa shape index (κ3) is 4.59. The molecule has 27 heavy (non-hydrogen) atoms. The summed E-state index contributed by atoms with van der Waals surface area (Å²) in [7, 11) is 3.38. The van der Waals surface area contributed by atoms with Crippen molar-refractivity contribution in [3.8, 4) is 0 Å². The number of fused-ring (bicyclic) bond motifs is 4. The molecule has 4 rings (SSSR count). The van der Waals surface area contributed by atoms with E-state index in [1.54, 1.807) is 23.9 Å². The number of nitrogens with one attached hydrogen (secondary N) is 1. The van der Waals surface area contributed by atoms with Gasteiger partial charge in [-0.25, -0.2) is 4.79 Å². The highest BCUT2D eigenvalue weighted by Gasteiger charge is 2.42. The van der Waals surface area contributed by atoms with Gasteiger partial charge in [0.05, 0.1) is 5.92 Å². The van der Waals surface area contributed by atoms with Crippen LogP contribution in [0.15, 0.2) is 30.3 Å². The first-order valence-electron chi connectivity index (χ1n) is 9.53. The number of carbonyl (C=O) groups is 3. The molecule has 4 amide bonds. The lowest BCUT2D eigenvalue weighted by molar-refractivity contribution is -0.145. The molecule has 0 spiro atoms. The minimum Gasteiger partial charge on any atom is -0.347 e. The first-order valence-corrected chi connectivity index (χ1v) is 9.53. The number of nitrogens with zero attached hydrogens (tertiary/aromatic N) is 3. The molecule has 1 N–H and O–H groups in total. The fourth-order valence-corrected chi connectivity index (χ4v) is 3.77. The smallest absolute Gasteiger partial charge is 0.317 e. The number of hydrogen-bond donors (Lipinski definition) is 1. The molecule has 2 bridgehead atoms. The third-order valence-corrected chi connectivity index (χ3v) is 5.42. The fourth-order valence-electron chi connectivity index (χ4n) is 3.77. The minimum absolute atomic E-state index is 0.000959. The largest absolute Gasteiger partial charge is 0.347 e. The number of amides is 4. The Bertz CT molecular complexity index is 692. The van der Waals surface area contributed by atoms with Gasteiger partial charge in [-0.3, -0.25) is 9.59 Å². The van der Waals surface area contributed by atoms with Crippen molar-refractivity contribution in [1.82, 2.24) is 20.0 Å². The van der Waals surface area contributed by atoms with Crippen LogP contribution in [-0.4, -0.2) is 78.9 Å². The summed E-state index contributed by atoms with van der Waals surface area (Å²) in [6.45, 7) is 1.57. The Kier molecular flexibility index (Phi) is 5.98. The molecule has 0 aromatic heterocycles. The van der Waals surface area contributed by atoms with Crippen LogP contribution in [0.2, 0.25) is 0 Å². The number of piperidine rings is 1. The Morgan fingerprint density at radius 2 is 1.89 bits per heavy atom. The lowest BCUT2D eigenvalue weighted by Gasteiger charge is -2.35. The summed E-state index contributed by atoms with van der Waals surface area (Å²) in [4.78, 5) is 42.3. The first kappa shape index (κ1) is 19.2. The van der Waals surface area contributed by atoms with Crippen LogP contribution in [0, 0.1) is 5.92 Å². The summed E-state index contributed by atoms with van der Waals surface area (Å²) in [5, 5.41) is 2.97. The second kappa shape index (κ2) is 8.41. The highest BCUT2D eigenvalue weighted by atomic mass is 16.2. The molecule has 1 aromatic rings. The average Bonchev–Trinajstić information content (AvgIpc) is 2.95. The standard InChI is InChI=1S/C20H28N4O3/c1-22(2)18(25)14-24-17-9-8-16(19(24)26)12-23(13-17)20(27)21-11-10-15-6-4-3-5-7-15/h3-7,16-17H,8-14H2,1-2H3,(H,21,27)/t16-,17+/m1/s1. The molecule has 3 aliphatic heterocycles. The van der Waals surface area contributed by atoms with Crippen molar-refractivity contribution < 1.29 is 14.4 Å². The Morgan fingerprint density at radius 3 is 2.59 bits per heavy atom. The molecule has 0 unspecified atom stereocenters. The maximum absolute atomic E-state index is 12.7. The van der Waals surface area contributed by atoms with Gasteiger partial charge in [0, 0.05) is 39.8 Å². The van der Waals surface area contributed by atoms with Gasteiger partial charge in [0.15, 0.2) is 0 Å². The Balaban J connectivity index is 1.57. The molecule has 3 saturated heterocycles. The first-order chi connectivity index (χ1) is 13.0. The number of carbonyl (C=O) groups excluding carboxylic acids is 3. The summed E-state index contributed by atoms with van der Waals surface area (Å²) in [6.07, 6.45) is 2.39. The van der Waals surface area contributed by atoms with Crippen molar-refractivity contribution in [1.29, 1.82) is 0 Å². The number of likely N-dealkylation sites (N-methyl/N-ethyl adjacent to an activating group) is 1. The summed E-state index contributed by atoms with van der Waals surface area (Å²) in [5.74, 6) is -0.297. The molecule has 2 atom stereocenters. The fraction of sp³-hybridized carbons (Fsp3) is 0.550. The van der Waals surface area contributed by atoms with Crippen LogP contribution < -0.4 is 5.32 Å². The Morgan fingerprint density at radius 1 is 1.15 bits per heavy atom. The van der Waals surface area contributed by atoms with Crippen LogP contribution in [-0.2, 0) is 16.0 Å². The lowest BCUT2D eigenvalue weighted by atomic mass is 9.94. The normalized spacial score (nSPS) is 21.8. The molecule has 0 aliphatic carbocycles. The summed E-state index contributed by atoms with van der Waals surface area (Å²) < 4.78 is 0. The molecule has 3 heterocycles. The van der Waals surface area contributed by atoms with Crippen molar-refractivity contribution in [3.05, 3.63) is 35.9 Å². The van der Waals surface area contributed by atoms with Gasteiger partial charge in [-0.15, -0.1) is 0 Å². The monoisotopic (exact) mass is 372 g/mol. The maximum Gasteiger partial charge on any atom is 0.317 e. The molecule has 0 saturated carbocycles. The molecule has 1 aromatic carbocycles. The van der Waals surface area contributed by atoms with Crippen LogP contribution in [0.5, 0.6) is 0 Å².